The molecule has 1 aliphatic rings. The van der Waals surface area contributed by atoms with Crippen molar-refractivity contribution in [1.82, 2.24) is 4.90 Å². The van der Waals surface area contributed by atoms with E-state index in [1.807, 2.05) is 6.07 Å². The van der Waals surface area contributed by atoms with Crippen LogP contribution in [0.15, 0.2) is 30.3 Å². The molecule has 0 amide bonds. The Kier molecular flexibility index (Phi) is 4.25. The Bertz CT molecular complexity index is 420. The number of benzene rings is 1. The van der Waals surface area contributed by atoms with Gasteiger partial charge >= 0.3 is 5.97 Å². The first kappa shape index (κ1) is 14.1. The molecule has 1 N–H and O–H groups in total. The van der Waals surface area contributed by atoms with Crippen LogP contribution in [0.1, 0.15) is 37.7 Å². The van der Waals surface area contributed by atoms with Gasteiger partial charge in [-0.25, -0.2) is 0 Å². The highest BCUT2D eigenvalue weighted by Gasteiger charge is 2.38. The van der Waals surface area contributed by atoms with E-state index in [2.05, 4.69) is 43.3 Å². The van der Waals surface area contributed by atoms with Crippen molar-refractivity contribution in [2.75, 3.05) is 14.1 Å². The molecule has 19 heavy (non-hydrogen) atoms. The van der Waals surface area contributed by atoms with E-state index < -0.39 is 5.97 Å². The average molecular weight is 261 g/mol. The van der Waals surface area contributed by atoms with Crippen LogP contribution >= 0.6 is 0 Å². The zero-order valence-electron chi connectivity index (χ0n) is 11.8. The van der Waals surface area contributed by atoms with E-state index >= 15 is 0 Å². The minimum atomic E-state index is -0.665. The fraction of sp³-hybridized carbons (Fsp3) is 0.562. The van der Waals surface area contributed by atoms with Crippen LogP contribution in [0.4, 0.5) is 0 Å². The number of rotatable bonds is 4. The molecule has 1 aromatic carbocycles. The first-order chi connectivity index (χ1) is 9.04. The molecule has 0 atom stereocenters. The molecule has 1 aromatic rings. The Morgan fingerprint density at radius 2 is 1.84 bits per heavy atom. The predicted octanol–water partition coefficient (Wildman–Crippen LogP) is 3.11. The SMILES string of the molecule is CN(C)C1(c2ccccc2)CCC(CC(=O)O)CC1. The van der Waals surface area contributed by atoms with E-state index in [0.717, 1.165) is 25.7 Å². The molecule has 104 valence electrons. The molecule has 1 fully saturated rings. The summed E-state index contributed by atoms with van der Waals surface area (Å²) in [6.45, 7) is 0. The van der Waals surface area contributed by atoms with Gasteiger partial charge in [-0.1, -0.05) is 30.3 Å². The van der Waals surface area contributed by atoms with E-state index in [1.165, 1.54) is 5.56 Å². The summed E-state index contributed by atoms with van der Waals surface area (Å²) in [5.41, 5.74) is 1.43. The molecule has 0 spiro atoms. The minimum Gasteiger partial charge on any atom is -0.481 e. The maximum absolute atomic E-state index is 10.8. The van der Waals surface area contributed by atoms with Crippen LogP contribution in [0.25, 0.3) is 0 Å². The molecule has 0 radical (unpaired) electrons. The molecule has 0 saturated heterocycles. The maximum atomic E-state index is 10.8. The van der Waals surface area contributed by atoms with E-state index in [-0.39, 0.29) is 5.54 Å². The van der Waals surface area contributed by atoms with E-state index in [9.17, 15) is 4.79 Å². The summed E-state index contributed by atoms with van der Waals surface area (Å²) in [4.78, 5) is 13.1. The second-order valence-corrected chi connectivity index (χ2v) is 5.83. The summed E-state index contributed by atoms with van der Waals surface area (Å²) >= 11 is 0. The van der Waals surface area contributed by atoms with Crippen molar-refractivity contribution >= 4 is 5.97 Å². The summed E-state index contributed by atoms with van der Waals surface area (Å²) in [5, 5.41) is 8.91. The van der Waals surface area contributed by atoms with Gasteiger partial charge in [-0.15, -0.1) is 0 Å². The third kappa shape index (κ3) is 2.98. The van der Waals surface area contributed by atoms with Gasteiger partial charge < -0.3 is 5.11 Å². The van der Waals surface area contributed by atoms with Crippen molar-refractivity contribution in [3.8, 4) is 0 Å². The van der Waals surface area contributed by atoms with Gasteiger partial charge in [-0.2, -0.15) is 0 Å². The summed E-state index contributed by atoms with van der Waals surface area (Å²) in [5.74, 6) is -0.323. The van der Waals surface area contributed by atoms with Crippen molar-refractivity contribution in [3.63, 3.8) is 0 Å². The van der Waals surface area contributed by atoms with Gasteiger partial charge in [0.05, 0.1) is 0 Å². The Hall–Kier alpha value is -1.35. The highest BCUT2D eigenvalue weighted by Crippen LogP contribution is 2.43. The van der Waals surface area contributed by atoms with Crippen LogP contribution in [0.3, 0.4) is 0 Å². The number of carboxylic acid groups (broad SMARTS) is 1. The summed E-state index contributed by atoms with van der Waals surface area (Å²) in [6.07, 6.45) is 4.40. The van der Waals surface area contributed by atoms with Gasteiger partial charge in [0.15, 0.2) is 0 Å². The third-order valence-electron chi connectivity index (χ3n) is 4.56. The topological polar surface area (TPSA) is 40.5 Å². The number of aliphatic carboxylic acids is 1. The molecule has 3 nitrogen and oxygen atoms in total. The lowest BCUT2D eigenvalue weighted by molar-refractivity contribution is -0.138. The van der Waals surface area contributed by atoms with E-state index in [1.54, 1.807) is 0 Å². The molecule has 3 heteroatoms. The third-order valence-corrected chi connectivity index (χ3v) is 4.56. The highest BCUT2D eigenvalue weighted by molar-refractivity contribution is 5.67. The highest BCUT2D eigenvalue weighted by atomic mass is 16.4. The predicted molar refractivity (Wildman–Crippen MR) is 76.0 cm³/mol. The molecular formula is C16H23NO2. The summed E-state index contributed by atoms with van der Waals surface area (Å²) in [7, 11) is 4.26. The summed E-state index contributed by atoms with van der Waals surface area (Å²) in [6, 6.07) is 10.6. The molecule has 2 rings (SSSR count). The number of hydrogen-bond donors (Lipinski definition) is 1. The van der Waals surface area contributed by atoms with E-state index in [0.29, 0.717) is 12.3 Å². The fourth-order valence-electron chi connectivity index (χ4n) is 3.35. The van der Waals surface area contributed by atoms with Gasteiger partial charge in [-0.3, -0.25) is 9.69 Å². The lowest BCUT2D eigenvalue weighted by Crippen LogP contribution is -2.44. The molecule has 0 aliphatic heterocycles. The van der Waals surface area contributed by atoms with Crippen LogP contribution in [0, 0.1) is 5.92 Å². The van der Waals surface area contributed by atoms with E-state index in [4.69, 9.17) is 5.11 Å². The Morgan fingerprint density at radius 3 is 2.32 bits per heavy atom. The average Bonchev–Trinajstić information content (AvgIpc) is 2.40. The largest absolute Gasteiger partial charge is 0.481 e. The number of carboxylic acids is 1. The molecule has 0 heterocycles. The van der Waals surface area contributed by atoms with Crippen LogP contribution in [-0.4, -0.2) is 30.1 Å². The normalized spacial score (nSPS) is 27.4. The monoisotopic (exact) mass is 261 g/mol. The Balaban J connectivity index is 2.14. The molecule has 0 aromatic heterocycles. The maximum Gasteiger partial charge on any atom is 0.303 e. The van der Waals surface area contributed by atoms with Crippen molar-refractivity contribution < 1.29 is 9.90 Å². The zero-order valence-corrected chi connectivity index (χ0v) is 11.8. The smallest absolute Gasteiger partial charge is 0.303 e. The van der Waals surface area contributed by atoms with Crippen LogP contribution in [0.5, 0.6) is 0 Å². The van der Waals surface area contributed by atoms with Gasteiger partial charge in [0, 0.05) is 12.0 Å². The van der Waals surface area contributed by atoms with Crippen molar-refractivity contribution in [2.45, 2.75) is 37.6 Å². The van der Waals surface area contributed by atoms with Crippen LogP contribution < -0.4 is 0 Å². The number of hydrogen-bond acceptors (Lipinski definition) is 2. The molecule has 0 unspecified atom stereocenters. The van der Waals surface area contributed by atoms with Gasteiger partial charge in [0.25, 0.3) is 0 Å². The quantitative estimate of drug-likeness (QED) is 0.905. The van der Waals surface area contributed by atoms with Gasteiger partial charge in [0.1, 0.15) is 0 Å². The first-order valence-corrected chi connectivity index (χ1v) is 6.99. The lowest BCUT2D eigenvalue weighted by atomic mass is 9.71. The molecule has 1 saturated carbocycles. The van der Waals surface area contributed by atoms with Gasteiger partial charge in [-0.05, 0) is 51.3 Å². The standard InChI is InChI=1S/C16H23NO2/c1-17(2)16(14-6-4-3-5-7-14)10-8-13(9-11-16)12-15(18)19/h3-7,13H,8-12H2,1-2H3,(H,18,19). The fourth-order valence-corrected chi connectivity index (χ4v) is 3.35. The number of carbonyl (C=O) groups is 1. The minimum absolute atomic E-state index is 0.0796. The van der Waals surface area contributed by atoms with Crippen molar-refractivity contribution in [2.24, 2.45) is 5.92 Å². The second-order valence-electron chi connectivity index (χ2n) is 5.83. The Morgan fingerprint density at radius 1 is 1.26 bits per heavy atom. The van der Waals surface area contributed by atoms with Crippen LogP contribution in [-0.2, 0) is 10.3 Å². The molecular weight excluding hydrogens is 238 g/mol. The Labute approximate surface area is 115 Å². The van der Waals surface area contributed by atoms with Gasteiger partial charge in [0.2, 0.25) is 0 Å². The van der Waals surface area contributed by atoms with Crippen molar-refractivity contribution in [3.05, 3.63) is 35.9 Å². The van der Waals surface area contributed by atoms with Crippen molar-refractivity contribution in [1.29, 1.82) is 0 Å². The molecule has 1 aliphatic carbocycles. The first-order valence-electron chi connectivity index (χ1n) is 6.99. The second kappa shape index (κ2) is 5.74. The zero-order chi connectivity index (χ0) is 13.9. The summed E-state index contributed by atoms with van der Waals surface area (Å²) < 4.78 is 0. The van der Waals surface area contributed by atoms with Crippen LogP contribution in [0.2, 0.25) is 0 Å². The number of nitrogens with zero attached hydrogens (tertiary/aromatic N) is 1. The molecule has 0 bridgehead atoms. The lowest BCUT2D eigenvalue weighted by Gasteiger charge is -2.45.